The molecule has 0 saturated carbocycles. The predicted octanol–water partition coefficient (Wildman–Crippen LogP) is 1.72. The third-order valence-electron chi connectivity index (χ3n) is 5.51. The standard InChI is InChI=1S/C18H28N8/c1-14-3-2-8-24(11-14)12-15-13-26(23-22-15)16-5-9-25(10-6-16)17-4-7-20-18(19)21-17/h4,7,13-14,16H,2-3,5-6,8-12H2,1H3,(H2,19,20,21)/t14-/m0/s1. The summed E-state index contributed by atoms with van der Waals surface area (Å²) in [5.41, 5.74) is 6.78. The number of nitrogens with two attached hydrogens (primary N) is 1. The Labute approximate surface area is 154 Å². The highest BCUT2D eigenvalue weighted by Crippen LogP contribution is 2.25. The normalized spacial score (nSPS) is 22.7. The molecule has 0 aromatic carbocycles. The lowest BCUT2D eigenvalue weighted by atomic mass is 10.0. The number of nitrogens with zero attached hydrogens (tertiary/aromatic N) is 7. The number of hydrogen-bond acceptors (Lipinski definition) is 7. The molecule has 2 aromatic heterocycles. The molecule has 2 N–H and O–H groups in total. The molecule has 2 aliphatic rings. The Hall–Kier alpha value is -2.22. The van der Waals surface area contributed by atoms with Crippen LogP contribution in [0.3, 0.4) is 0 Å². The minimum Gasteiger partial charge on any atom is -0.368 e. The molecule has 0 aliphatic carbocycles. The maximum Gasteiger partial charge on any atom is 0.221 e. The van der Waals surface area contributed by atoms with E-state index in [0.29, 0.717) is 12.0 Å². The number of likely N-dealkylation sites (tertiary alicyclic amines) is 1. The maximum absolute atomic E-state index is 5.70. The zero-order valence-corrected chi connectivity index (χ0v) is 15.5. The quantitative estimate of drug-likeness (QED) is 0.892. The van der Waals surface area contributed by atoms with E-state index in [4.69, 9.17) is 5.73 Å². The van der Waals surface area contributed by atoms with Crippen LogP contribution in [0.1, 0.15) is 44.3 Å². The van der Waals surface area contributed by atoms with Gasteiger partial charge in [0.25, 0.3) is 0 Å². The molecule has 2 aliphatic heterocycles. The van der Waals surface area contributed by atoms with Gasteiger partial charge in [0, 0.05) is 32.4 Å². The molecule has 0 bridgehead atoms. The van der Waals surface area contributed by atoms with Crippen molar-refractivity contribution in [2.24, 2.45) is 5.92 Å². The Morgan fingerprint density at radius 3 is 2.81 bits per heavy atom. The average molecular weight is 356 g/mol. The monoisotopic (exact) mass is 356 g/mol. The summed E-state index contributed by atoms with van der Waals surface area (Å²) in [5, 5.41) is 8.83. The minimum absolute atomic E-state index is 0.331. The van der Waals surface area contributed by atoms with Crippen molar-refractivity contribution >= 4 is 11.8 Å². The van der Waals surface area contributed by atoms with Gasteiger partial charge in [0.1, 0.15) is 5.82 Å². The summed E-state index contributed by atoms with van der Waals surface area (Å²) < 4.78 is 2.06. The van der Waals surface area contributed by atoms with E-state index in [2.05, 4.69) is 47.9 Å². The number of rotatable bonds is 4. The number of hydrogen-bond donors (Lipinski definition) is 1. The maximum atomic E-state index is 5.70. The van der Waals surface area contributed by atoms with Crippen molar-refractivity contribution in [1.29, 1.82) is 0 Å². The van der Waals surface area contributed by atoms with Crippen LogP contribution in [0.25, 0.3) is 0 Å². The van der Waals surface area contributed by atoms with Crippen molar-refractivity contribution in [1.82, 2.24) is 29.9 Å². The zero-order chi connectivity index (χ0) is 17.9. The first-order valence-electron chi connectivity index (χ1n) is 9.64. The molecule has 2 saturated heterocycles. The van der Waals surface area contributed by atoms with Gasteiger partial charge >= 0.3 is 0 Å². The van der Waals surface area contributed by atoms with E-state index >= 15 is 0 Å². The molecule has 2 aromatic rings. The van der Waals surface area contributed by atoms with Gasteiger partial charge in [-0.25, -0.2) is 9.67 Å². The van der Waals surface area contributed by atoms with Crippen molar-refractivity contribution in [2.45, 2.75) is 45.2 Å². The second-order valence-electron chi connectivity index (χ2n) is 7.66. The zero-order valence-electron chi connectivity index (χ0n) is 15.5. The lowest BCUT2D eigenvalue weighted by Crippen LogP contribution is -2.35. The number of anilines is 2. The van der Waals surface area contributed by atoms with Crippen LogP contribution in [0.4, 0.5) is 11.8 Å². The molecule has 4 rings (SSSR count). The van der Waals surface area contributed by atoms with E-state index in [1.807, 2.05) is 6.07 Å². The Morgan fingerprint density at radius 1 is 1.19 bits per heavy atom. The van der Waals surface area contributed by atoms with Crippen molar-refractivity contribution in [3.05, 3.63) is 24.2 Å². The van der Waals surface area contributed by atoms with Crippen molar-refractivity contribution in [3.8, 4) is 0 Å². The molecule has 0 radical (unpaired) electrons. The molecule has 0 amide bonds. The molecular weight excluding hydrogens is 328 g/mol. The topological polar surface area (TPSA) is 89.0 Å². The molecule has 0 spiro atoms. The van der Waals surface area contributed by atoms with Gasteiger partial charge < -0.3 is 10.6 Å². The van der Waals surface area contributed by atoms with E-state index in [9.17, 15) is 0 Å². The summed E-state index contributed by atoms with van der Waals surface area (Å²) in [5.74, 6) is 2.03. The molecule has 140 valence electrons. The molecule has 8 nitrogen and oxygen atoms in total. The highest BCUT2D eigenvalue weighted by atomic mass is 15.4. The summed E-state index contributed by atoms with van der Waals surface area (Å²) >= 11 is 0. The molecular formula is C18H28N8. The number of piperidine rings is 2. The summed E-state index contributed by atoms with van der Waals surface area (Å²) in [6, 6.07) is 2.33. The second-order valence-corrected chi connectivity index (χ2v) is 7.66. The summed E-state index contributed by atoms with van der Waals surface area (Å²) in [6.07, 6.45) is 8.57. The summed E-state index contributed by atoms with van der Waals surface area (Å²) in [4.78, 5) is 13.1. The Bertz CT molecular complexity index is 721. The van der Waals surface area contributed by atoms with Crippen LogP contribution in [0.5, 0.6) is 0 Å². The van der Waals surface area contributed by atoms with E-state index in [1.165, 1.54) is 25.9 Å². The fourth-order valence-electron chi connectivity index (χ4n) is 4.12. The van der Waals surface area contributed by atoms with Crippen LogP contribution in [0.2, 0.25) is 0 Å². The summed E-state index contributed by atoms with van der Waals surface area (Å²) in [7, 11) is 0. The fourth-order valence-corrected chi connectivity index (χ4v) is 4.12. The van der Waals surface area contributed by atoms with Crippen LogP contribution in [-0.2, 0) is 6.54 Å². The molecule has 26 heavy (non-hydrogen) atoms. The SMILES string of the molecule is C[C@H]1CCCN(Cc2cn(C3CCN(c4ccnc(N)n4)CC3)nn2)C1. The average Bonchev–Trinajstić information content (AvgIpc) is 3.10. The van der Waals surface area contributed by atoms with E-state index < -0.39 is 0 Å². The van der Waals surface area contributed by atoms with Gasteiger partial charge in [-0.3, -0.25) is 4.90 Å². The minimum atomic E-state index is 0.331. The van der Waals surface area contributed by atoms with Crippen molar-refractivity contribution < 1.29 is 0 Å². The molecule has 2 fully saturated rings. The third-order valence-corrected chi connectivity index (χ3v) is 5.51. The summed E-state index contributed by atoms with van der Waals surface area (Å²) in [6.45, 7) is 7.50. The number of nitrogen functional groups attached to an aromatic ring is 1. The van der Waals surface area contributed by atoms with Crippen LogP contribution < -0.4 is 10.6 Å². The van der Waals surface area contributed by atoms with Crippen molar-refractivity contribution in [2.75, 3.05) is 36.8 Å². The van der Waals surface area contributed by atoms with Gasteiger partial charge in [-0.1, -0.05) is 12.1 Å². The molecule has 1 atom stereocenters. The third kappa shape index (κ3) is 3.95. The van der Waals surface area contributed by atoms with Crippen molar-refractivity contribution in [3.63, 3.8) is 0 Å². The molecule has 8 heteroatoms. The first-order valence-corrected chi connectivity index (χ1v) is 9.64. The van der Waals surface area contributed by atoms with Crippen LogP contribution in [0.15, 0.2) is 18.5 Å². The van der Waals surface area contributed by atoms with Crippen LogP contribution in [0, 0.1) is 5.92 Å². The lowest BCUT2D eigenvalue weighted by molar-refractivity contribution is 0.175. The Balaban J connectivity index is 1.33. The highest BCUT2D eigenvalue weighted by Gasteiger charge is 2.23. The number of aromatic nitrogens is 5. The van der Waals surface area contributed by atoms with Crippen LogP contribution >= 0.6 is 0 Å². The Kier molecular flexibility index (Phi) is 5.01. The van der Waals surface area contributed by atoms with Gasteiger partial charge in [0.15, 0.2) is 0 Å². The predicted molar refractivity (Wildman–Crippen MR) is 101 cm³/mol. The Morgan fingerprint density at radius 2 is 2.04 bits per heavy atom. The van der Waals surface area contributed by atoms with E-state index in [-0.39, 0.29) is 0 Å². The van der Waals surface area contributed by atoms with Gasteiger partial charge in [-0.2, -0.15) is 4.98 Å². The van der Waals surface area contributed by atoms with Gasteiger partial charge in [-0.15, -0.1) is 5.10 Å². The first kappa shape index (κ1) is 17.2. The molecule has 0 unspecified atom stereocenters. The van der Waals surface area contributed by atoms with E-state index in [0.717, 1.165) is 49.9 Å². The highest BCUT2D eigenvalue weighted by molar-refractivity contribution is 5.41. The van der Waals surface area contributed by atoms with Gasteiger partial charge in [-0.05, 0) is 44.2 Å². The lowest BCUT2D eigenvalue weighted by Gasteiger charge is -2.32. The largest absolute Gasteiger partial charge is 0.368 e. The second kappa shape index (κ2) is 7.57. The first-order chi connectivity index (χ1) is 12.7. The van der Waals surface area contributed by atoms with Gasteiger partial charge in [0.2, 0.25) is 5.95 Å². The van der Waals surface area contributed by atoms with E-state index in [1.54, 1.807) is 6.20 Å². The fraction of sp³-hybridized carbons (Fsp3) is 0.667. The van der Waals surface area contributed by atoms with Crippen LogP contribution in [-0.4, -0.2) is 56.0 Å². The molecule has 4 heterocycles. The smallest absolute Gasteiger partial charge is 0.221 e. The van der Waals surface area contributed by atoms with Gasteiger partial charge in [0.05, 0.1) is 17.9 Å².